The fourth-order valence-electron chi connectivity index (χ4n) is 1.76. The summed E-state index contributed by atoms with van der Waals surface area (Å²) in [7, 11) is 0. The van der Waals surface area contributed by atoms with E-state index in [1.807, 2.05) is 36.0 Å². The monoisotopic (exact) mass is 245 g/mol. The number of benzene rings is 1. The van der Waals surface area contributed by atoms with Crippen LogP contribution in [-0.4, -0.2) is 22.9 Å². The van der Waals surface area contributed by atoms with Crippen molar-refractivity contribution in [3.8, 4) is 5.75 Å². The number of hydrogen-bond acceptors (Lipinski definition) is 3. The Morgan fingerprint density at radius 1 is 1.22 bits per heavy atom. The van der Waals surface area contributed by atoms with Crippen molar-refractivity contribution in [2.45, 2.75) is 19.9 Å². The van der Waals surface area contributed by atoms with Gasteiger partial charge in [-0.1, -0.05) is 12.1 Å². The van der Waals surface area contributed by atoms with Crippen molar-refractivity contribution in [1.82, 2.24) is 9.78 Å². The van der Waals surface area contributed by atoms with E-state index in [4.69, 9.17) is 10.5 Å². The van der Waals surface area contributed by atoms with E-state index < -0.39 is 0 Å². The van der Waals surface area contributed by atoms with E-state index in [0.717, 1.165) is 24.4 Å². The molecule has 0 bridgehead atoms. The third kappa shape index (κ3) is 3.60. The van der Waals surface area contributed by atoms with Gasteiger partial charge in [-0.3, -0.25) is 4.68 Å². The zero-order chi connectivity index (χ0) is 12.8. The molecule has 1 heterocycles. The van der Waals surface area contributed by atoms with Crippen LogP contribution in [0.5, 0.6) is 5.75 Å². The number of aryl methyl sites for hydroxylation is 1. The lowest BCUT2D eigenvalue weighted by Crippen LogP contribution is -2.08. The molecule has 0 amide bonds. The second-order valence-electron chi connectivity index (χ2n) is 4.25. The summed E-state index contributed by atoms with van der Waals surface area (Å²) in [5.74, 6) is 0.889. The van der Waals surface area contributed by atoms with Crippen LogP contribution in [0.25, 0.3) is 0 Å². The van der Waals surface area contributed by atoms with Gasteiger partial charge in [0.2, 0.25) is 0 Å². The Balaban J connectivity index is 1.79. The van der Waals surface area contributed by atoms with Crippen molar-refractivity contribution in [2.24, 2.45) is 5.73 Å². The third-order valence-corrected chi connectivity index (χ3v) is 2.72. The molecule has 0 fully saturated rings. The average Bonchev–Trinajstić information content (AvgIpc) is 2.78. The molecule has 0 unspecified atom stereocenters. The summed E-state index contributed by atoms with van der Waals surface area (Å²) < 4.78 is 7.55. The molecule has 0 aliphatic carbocycles. The summed E-state index contributed by atoms with van der Waals surface area (Å²) in [5.41, 5.74) is 7.78. The zero-order valence-electron chi connectivity index (χ0n) is 10.7. The molecule has 96 valence electrons. The Morgan fingerprint density at radius 2 is 2.00 bits per heavy atom. The molecule has 4 nitrogen and oxygen atoms in total. The van der Waals surface area contributed by atoms with Gasteiger partial charge < -0.3 is 10.5 Å². The standard InChI is InChI=1S/C14H19N3O/c1-12-7-9-17(16-12)10-11-18-14-4-2-13(3-5-14)6-8-15/h2-5,7,9H,6,8,10-11,15H2,1H3. The fourth-order valence-corrected chi connectivity index (χ4v) is 1.76. The minimum Gasteiger partial charge on any atom is -0.492 e. The summed E-state index contributed by atoms with van der Waals surface area (Å²) in [4.78, 5) is 0. The molecule has 2 N–H and O–H groups in total. The Kier molecular flexibility index (Phi) is 4.36. The van der Waals surface area contributed by atoms with E-state index >= 15 is 0 Å². The van der Waals surface area contributed by atoms with Crippen molar-refractivity contribution < 1.29 is 4.74 Å². The van der Waals surface area contributed by atoms with Crippen molar-refractivity contribution in [3.63, 3.8) is 0 Å². The average molecular weight is 245 g/mol. The van der Waals surface area contributed by atoms with E-state index in [1.54, 1.807) is 0 Å². The number of rotatable bonds is 6. The molecule has 0 aliphatic rings. The summed E-state index contributed by atoms with van der Waals surface area (Å²) in [6.07, 6.45) is 2.87. The highest BCUT2D eigenvalue weighted by molar-refractivity contribution is 5.27. The molecule has 4 heteroatoms. The Bertz CT molecular complexity index is 476. The Hall–Kier alpha value is -1.81. The molecule has 0 atom stereocenters. The number of aromatic nitrogens is 2. The van der Waals surface area contributed by atoms with E-state index in [-0.39, 0.29) is 0 Å². The second kappa shape index (κ2) is 6.21. The van der Waals surface area contributed by atoms with Crippen LogP contribution < -0.4 is 10.5 Å². The first kappa shape index (κ1) is 12.6. The van der Waals surface area contributed by atoms with Gasteiger partial charge in [0.05, 0.1) is 12.2 Å². The van der Waals surface area contributed by atoms with Gasteiger partial charge in [0.25, 0.3) is 0 Å². The molecule has 0 spiro atoms. The molecule has 2 aromatic rings. The van der Waals surface area contributed by atoms with Gasteiger partial charge in [-0.15, -0.1) is 0 Å². The van der Waals surface area contributed by atoms with Crippen LogP contribution in [0.1, 0.15) is 11.3 Å². The fraction of sp³-hybridized carbons (Fsp3) is 0.357. The predicted octanol–water partition coefficient (Wildman–Crippen LogP) is 1.77. The van der Waals surface area contributed by atoms with E-state index in [1.165, 1.54) is 5.56 Å². The van der Waals surface area contributed by atoms with Gasteiger partial charge in [0, 0.05) is 6.20 Å². The number of nitrogens with zero attached hydrogens (tertiary/aromatic N) is 2. The molecular formula is C14H19N3O. The third-order valence-electron chi connectivity index (χ3n) is 2.72. The van der Waals surface area contributed by atoms with Gasteiger partial charge >= 0.3 is 0 Å². The minimum atomic E-state index is 0.622. The van der Waals surface area contributed by atoms with Crippen LogP contribution in [0.3, 0.4) is 0 Å². The summed E-state index contributed by atoms with van der Waals surface area (Å²) in [5, 5.41) is 4.30. The molecule has 18 heavy (non-hydrogen) atoms. The highest BCUT2D eigenvalue weighted by atomic mass is 16.5. The first-order valence-corrected chi connectivity index (χ1v) is 6.20. The van der Waals surface area contributed by atoms with Crippen LogP contribution in [0.4, 0.5) is 0 Å². The zero-order valence-corrected chi connectivity index (χ0v) is 10.7. The highest BCUT2D eigenvalue weighted by Gasteiger charge is 1.97. The molecule has 0 saturated heterocycles. The van der Waals surface area contributed by atoms with Crippen LogP contribution >= 0.6 is 0 Å². The number of nitrogens with two attached hydrogens (primary N) is 1. The summed E-state index contributed by atoms with van der Waals surface area (Å²) in [6.45, 7) is 4.04. The molecular weight excluding hydrogens is 226 g/mol. The maximum absolute atomic E-state index is 5.66. The number of hydrogen-bond donors (Lipinski definition) is 1. The molecule has 1 aromatic carbocycles. The molecule has 0 saturated carbocycles. The molecule has 1 aromatic heterocycles. The first-order valence-electron chi connectivity index (χ1n) is 6.20. The highest BCUT2D eigenvalue weighted by Crippen LogP contribution is 2.12. The quantitative estimate of drug-likeness (QED) is 0.844. The Labute approximate surface area is 107 Å². The first-order chi connectivity index (χ1) is 8.78. The van der Waals surface area contributed by atoms with Gasteiger partial charge in [-0.25, -0.2) is 0 Å². The lowest BCUT2D eigenvalue weighted by molar-refractivity contribution is 0.291. The summed E-state index contributed by atoms with van der Waals surface area (Å²) in [6, 6.07) is 10.1. The second-order valence-corrected chi connectivity index (χ2v) is 4.25. The van der Waals surface area contributed by atoms with Crippen molar-refractivity contribution in [1.29, 1.82) is 0 Å². The maximum Gasteiger partial charge on any atom is 0.119 e. The molecule has 2 rings (SSSR count). The topological polar surface area (TPSA) is 53.1 Å². The van der Waals surface area contributed by atoms with Crippen molar-refractivity contribution >= 4 is 0 Å². The van der Waals surface area contributed by atoms with E-state index in [9.17, 15) is 0 Å². The van der Waals surface area contributed by atoms with Crippen LogP contribution in [0, 0.1) is 6.92 Å². The Morgan fingerprint density at radius 3 is 2.61 bits per heavy atom. The smallest absolute Gasteiger partial charge is 0.119 e. The van der Waals surface area contributed by atoms with Gasteiger partial charge in [0.1, 0.15) is 12.4 Å². The van der Waals surface area contributed by atoms with Crippen LogP contribution in [-0.2, 0) is 13.0 Å². The maximum atomic E-state index is 5.66. The normalized spacial score (nSPS) is 10.6. The molecule has 0 aliphatic heterocycles. The largest absolute Gasteiger partial charge is 0.492 e. The predicted molar refractivity (Wildman–Crippen MR) is 71.7 cm³/mol. The number of ether oxygens (including phenoxy) is 1. The van der Waals surface area contributed by atoms with E-state index in [2.05, 4.69) is 17.2 Å². The van der Waals surface area contributed by atoms with Crippen molar-refractivity contribution in [3.05, 3.63) is 47.8 Å². The van der Waals surface area contributed by atoms with Crippen molar-refractivity contribution in [2.75, 3.05) is 13.2 Å². The SMILES string of the molecule is Cc1ccn(CCOc2ccc(CCN)cc2)n1. The molecule has 0 radical (unpaired) electrons. The minimum absolute atomic E-state index is 0.622. The lowest BCUT2D eigenvalue weighted by atomic mass is 10.1. The lowest BCUT2D eigenvalue weighted by Gasteiger charge is -2.07. The van der Waals surface area contributed by atoms with Gasteiger partial charge in [-0.2, -0.15) is 5.10 Å². The van der Waals surface area contributed by atoms with Crippen LogP contribution in [0.2, 0.25) is 0 Å². The van der Waals surface area contributed by atoms with Gasteiger partial charge in [-0.05, 0) is 43.7 Å². The van der Waals surface area contributed by atoms with E-state index in [0.29, 0.717) is 13.2 Å². The van der Waals surface area contributed by atoms with Crippen LogP contribution in [0.15, 0.2) is 36.5 Å². The van der Waals surface area contributed by atoms with Gasteiger partial charge in [0.15, 0.2) is 0 Å². The summed E-state index contributed by atoms with van der Waals surface area (Å²) >= 11 is 0.